The Morgan fingerprint density at radius 3 is 2.15 bits per heavy atom. The van der Waals surface area contributed by atoms with E-state index in [1.807, 2.05) is 28.9 Å². The largest absolute Gasteiger partial charge is 0.339 e. The molecule has 110 valence electrons. The molecule has 2 aliphatic rings. The van der Waals surface area contributed by atoms with Gasteiger partial charge in [0, 0.05) is 38.2 Å². The Kier molecular flexibility index (Phi) is 5.39. The summed E-state index contributed by atoms with van der Waals surface area (Å²) in [6.07, 6.45) is 11.6. The van der Waals surface area contributed by atoms with Crippen molar-refractivity contribution in [1.29, 1.82) is 0 Å². The van der Waals surface area contributed by atoms with Crippen LogP contribution in [0.3, 0.4) is 0 Å². The third-order valence-electron chi connectivity index (χ3n) is 4.15. The maximum absolute atomic E-state index is 12.3. The maximum atomic E-state index is 12.3. The molecular formula is C16H24N2O2. The van der Waals surface area contributed by atoms with Crippen LogP contribution in [0.15, 0.2) is 24.3 Å². The highest BCUT2D eigenvalue weighted by Crippen LogP contribution is 2.26. The minimum absolute atomic E-state index is 0.0380. The summed E-state index contributed by atoms with van der Waals surface area (Å²) in [5.74, 6) is 0.585. The summed E-state index contributed by atoms with van der Waals surface area (Å²) in [5, 5.41) is 0. The first kappa shape index (κ1) is 14.8. The number of piperazine rings is 1. The van der Waals surface area contributed by atoms with Gasteiger partial charge in [0.05, 0.1) is 0 Å². The van der Waals surface area contributed by atoms with Crippen molar-refractivity contribution in [1.82, 2.24) is 9.80 Å². The molecule has 0 spiro atoms. The third kappa shape index (κ3) is 3.71. The van der Waals surface area contributed by atoms with E-state index in [2.05, 4.69) is 0 Å². The Labute approximate surface area is 121 Å². The molecule has 2 fully saturated rings. The normalized spacial score (nSPS) is 21.2. The van der Waals surface area contributed by atoms with E-state index >= 15 is 0 Å². The van der Waals surface area contributed by atoms with Crippen LogP contribution in [0.5, 0.6) is 0 Å². The van der Waals surface area contributed by atoms with Gasteiger partial charge in [-0.25, -0.2) is 0 Å². The van der Waals surface area contributed by atoms with Gasteiger partial charge in [0.25, 0.3) is 0 Å². The summed E-state index contributed by atoms with van der Waals surface area (Å²) in [5.41, 5.74) is 0. The molecule has 1 saturated carbocycles. The molecule has 4 nitrogen and oxygen atoms in total. The predicted octanol–water partition coefficient (Wildman–Crippen LogP) is 1.98. The molecule has 1 aliphatic carbocycles. The van der Waals surface area contributed by atoms with Crippen molar-refractivity contribution >= 4 is 11.8 Å². The highest BCUT2D eigenvalue weighted by molar-refractivity contribution is 5.88. The molecule has 0 bridgehead atoms. The quantitative estimate of drug-likeness (QED) is 0.584. The number of nitrogens with zero attached hydrogens (tertiary/aromatic N) is 2. The minimum atomic E-state index is 0.0380. The smallest absolute Gasteiger partial charge is 0.246 e. The molecule has 0 aromatic rings. The molecule has 0 radical (unpaired) electrons. The van der Waals surface area contributed by atoms with Crippen molar-refractivity contribution in [2.24, 2.45) is 5.92 Å². The summed E-state index contributed by atoms with van der Waals surface area (Å²) in [4.78, 5) is 28.0. The fraction of sp³-hybridized carbons (Fsp3) is 0.625. The van der Waals surface area contributed by atoms with E-state index in [1.54, 1.807) is 12.2 Å². The van der Waals surface area contributed by atoms with Gasteiger partial charge in [-0.3, -0.25) is 9.59 Å². The molecule has 0 aromatic heterocycles. The molecule has 4 heteroatoms. The monoisotopic (exact) mass is 276 g/mol. The van der Waals surface area contributed by atoms with Crippen molar-refractivity contribution in [3.63, 3.8) is 0 Å². The molecule has 2 amide bonds. The van der Waals surface area contributed by atoms with Crippen LogP contribution in [0.4, 0.5) is 0 Å². The number of carbonyl (C=O) groups is 2. The molecule has 1 heterocycles. The van der Waals surface area contributed by atoms with Crippen LogP contribution in [0.1, 0.15) is 32.6 Å². The molecular weight excluding hydrogens is 252 g/mol. The van der Waals surface area contributed by atoms with Crippen LogP contribution in [0.25, 0.3) is 0 Å². The first-order valence-corrected chi connectivity index (χ1v) is 7.59. The van der Waals surface area contributed by atoms with Gasteiger partial charge in [0.15, 0.2) is 0 Å². The summed E-state index contributed by atoms with van der Waals surface area (Å²) >= 11 is 0. The molecule has 20 heavy (non-hydrogen) atoms. The first-order valence-electron chi connectivity index (χ1n) is 7.59. The second-order valence-electron chi connectivity index (χ2n) is 5.52. The Bertz CT molecular complexity index is 401. The Hall–Kier alpha value is -1.58. The lowest BCUT2D eigenvalue weighted by Gasteiger charge is -2.35. The van der Waals surface area contributed by atoms with Gasteiger partial charge in [-0.05, 0) is 19.8 Å². The second kappa shape index (κ2) is 7.27. The number of hydrogen-bond acceptors (Lipinski definition) is 2. The van der Waals surface area contributed by atoms with Crippen molar-refractivity contribution in [3.05, 3.63) is 24.3 Å². The van der Waals surface area contributed by atoms with Crippen LogP contribution in [-0.2, 0) is 9.59 Å². The summed E-state index contributed by atoms with van der Waals surface area (Å²) in [6, 6.07) is 0. The van der Waals surface area contributed by atoms with Gasteiger partial charge in [0.2, 0.25) is 11.8 Å². The van der Waals surface area contributed by atoms with E-state index in [9.17, 15) is 9.59 Å². The lowest BCUT2D eigenvalue weighted by atomic mass is 10.1. The van der Waals surface area contributed by atoms with Gasteiger partial charge in [-0.15, -0.1) is 0 Å². The van der Waals surface area contributed by atoms with Gasteiger partial charge >= 0.3 is 0 Å². The van der Waals surface area contributed by atoms with Crippen LogP contribution in [-0.4, -0.2) is 47.8 Å². The SMILES string of the molecule is C/C=C/C=C/C(=O)N1CCN(C(=O)C2CCCC2)CC1. The van der Waals surface area contributed by atoms with Crippen LogP contribution >= 0.6 is 0 Å². The summed E-state index contributed by atoms with van der Waals surface area (Å²) in [6.45, 7) is 4.58. The fourth-order valence-corrected chi connectivity index (χ4v) is 2.93. The number of carbonyl (C=O) groups excluding carboxylic acids is 2. The lowest BCUT2D eigenvalue weighted by Crippen LogP contribution is -2.51. The van der Waals surface area contributed by atoms with Crippen molar-refractivity contribution in [2.45, 2.75) is 32.6 Å². The first-order chi connectivity index (χ1) is 9.72. The zero-order valence-electron chi connectivity index (χ0n) is 12.3. The molecule has 0 N–H and O–H groups in total. The van der Waals surface area contributed by atoms with Crippen molar-refractivity contribution in [2.75, 3.05) is 26.2 Å². The van der Waals surface area contributed by atoms with E-state index in [-0.39, 0.29) is 11.8 Å². The molecule has 2 rings (SSSR count). The molecule has 0 aromatic carbocycles. The van der Waals surface area contributed by atoms with Crippen LogP contribution in [0.2, 0.25) is 0 Å². The minimum Gasteiger partial charge on any atom is -0.339 e. The molecule has 0 unspecified atom stereocenters. The Balaban J connectivity index is 1.79. The summed E-state index contributed by atoms with van der Waals surface area (Å²) < 4.78 is 0. The van der Waals surface area contributed by atoms with Gasteiger partial charge < -0.3 is 9.80 Å². The maximum Gasteiger partial charge on any atom is 0.246 e. The average Bonchev–Trinajstić information content (AvgIpc) is 3.01. The summed E-state index contributed by atoms with van der Waals surface area (Å²) in [7, 11) is 0. The third-order valence-corrected chi connectivity index (χ3v) is 4.15. The van der Waals surface area contributed by atoms with Crippen molar-refractivity contribution in [3.8, 4) is 0 Å². The van der Waals surface area contributed by atoms with Crippen LogP contribution in [0, 0.1) is 5.92 Å². The van der Waals surface area contributed by atoms with E-state index in [4.69, 9.17) is 0 Å². The standard InChI is InChI=1S/C16H24N2O2/c1-2-3-4-9-15(19)17-10-12-18(13-11-17)16(20)14-7-5-6-8-14/h2-4,9,14H,5-8,10-13H2,1H3/b3-2+,9-4+. The zero-order valence-corrected chi connectivity index (χ0v) is 12.3. The zero-order chi connectivity index (χ0) is 14.4. The highest BCUT2D eigenvalue weighted by atomic mass is 16.2. The molecule has 1 aliphatic heterocycles. The molecule has 1 saturated heterocycles. The number of hydrogen-bond donors (Lipinski definition) is 0. The van der Waals surface area contributed by atoms with E-state index in [1.165, 1.54) is 12.8 Å². The number of rotatable bonds is 3. The highest BCUT2D eigenvalue weighted by Gasteiger charge is 2.29. The number of allylic oxidation sites excluding steroid dienone is 3. The average molecular weight is 276 g/mol. The van der Waals surface area contributed by atoms with Crippen LogP contribution < -0.4 is 0 Å². The number of amides is 2. The van der Waals surface area contributed by atoms with E-state index < -0.39 is 0 Å². The van der Waals surface area contributed by atoms with Crippen molar-refractivity contribution < 1.29 is 9.59 Å². The van der Waals surface area contributed by atoms with E-state index in [0.717, 1.165) is 12.8 Å². The second-order valence-corrected chi connectivity index (χ2v) is 5.52. The van der Waals surface area contributed by atoms with Gasteiger partial charge in [-0.2, -0.15) is 0 Å². The Morgan fingerprint density at radius 1 is 0.950 bits per heavy atom. The van der Waals surface area contributed by atoms with Gasteiger partial charge in [-0.1, -0.05) is 31.1 Å². The molecule has 0 atom stereocenters. The van der Waals surface area contributed by atoms with Gasteiger partial charge in [0.1, 0.15) is 0 Å². The topological polar surface area (TPSA) is 40.6 Å². The Morgan fingerprint density at radius 2 is 1.55 bits per heavy atom. The van der Waals surface area contributed by atoms with E-state index in [0.29, 0.717) is 32.1 Å². The lowest BCUT2D eigenvalue weighted by molar-refractivity contribution is -0.140. The predicted molar refractivity (Wildman–Crippen MR) is 79.1 cm³/mol. The fourth-order valence-electron chi connectivity index (χ4n) is 2.93.